The van der Waals surface area contributed by atoms with E-state index in [2.05, 4.69) is 9.47 Å². The molecule has 1 rings (SSSR count). The van der Waals surface area contributed by atoms with Gasteiger partial charge in [-0.3, -0.25) is 0 Å². The van der Waals surface area contributed by atoms with Gasteiger partial charge >= 0.3 is 18.9 Å². The van der Waals surface area contributed by atoms with Gasteiger partial charge in [-0.05, 0) is 17.7 Å². The fraction of sp³-hybridized carbons (Fsp3) is 0.300. The third kappa shape index (κ3) is 4.88. The predicted molar refractivity (Wildman–Crippen MR) is 52.4 cm³/mol. The highest BCUT2D eigenvalue weighted by Crippen LogP contribution is 2.31. The van der Waals surface area contributed by atoms with Crippen LogP contribution in [0.15, 0.2) is 18.2 Å². The van der Waals surface area contributed by atoms with Gasteiger partial charge in [0.2, 0.25) is 0 Å². The Morgan fingerprint density at radius 3 is 2.15 bits per heavy atom. The minimum absolute atomic E-state index is 0.484. The Balaban J connectivity index is 3.17. The molecule has 20 heavy (non-hydrogen) atoms. The summed E-state index contributed by atoms with van der Waals surface area (Å²) in [6.07, 6.45) is -7.33. The molecular weight excluding hydrogens is 295 g/mol. The molecule has 0 saturated heterocycles. The first-order valence-corrected chi connectivity index (χ1v) is 4.85. The summed E-state index contributed by atoms with van der Waals surface area (Å²) in [5.74, 6) is -3.56. The lowest BCUT2D eigenvalue weighted by molar-refractivity contribution is -0.274. The largest absolute Gasteiger partial charge is 0.573 e. The number of ether oxygens (including phenoxy) is 2. The molecule has 1 atom stereocenters. The van der Waals surface area contributed by atoms with E-state index < -0.39 is 42.1 Å². The number of halogens is 5. The van der Waals surface area contributed by atoms with Gasteiger partial charge in [0.25, 0.3) is 0 Å². The molecule has 112 valence electrons. The number of aliphatic hydroxyl groups is 1. The van der Waals surface area contributed by atoms with E-state index in [4.69, 9.17) is 5.11 Å². The molecule has 0 amide bonds. The van der Waals surface area contributed by atoms with Crippen molar-refractivity contribution in [3.63, 3.8) is 0 Å². The Bertz CT molecular complexity index is 487. The van der Waals surface area contributed by atoms with Crippen molar-refractivity contribution in [2.75, 3.05) is 0 Å². The minimum Gasteiger partial charge on any atom is -0.479 e. The number of rotatable bonds is 5. The third-order valence-corrected chi connectivity index (χ3v) is 1.91. The zero-order valence-corrected chi connectivity index (χ0v) is 9.40. The van der Waals surface area contributed by atoms with E-state index >= 15 is 0 Å². The maximum atomic E-state index is 12.0. The van der Waals surface area contributed by atoms with Crippen molar-refractivity contribution in [1.82, 2.24) is 0 Å². The van der Waals surface area contributed by atoms with Gasteiger partial charge < -0.3 is 19.7 Å². The molecule has 0 radical (unpaired) electrons. The Kier molecular flexibility index (Phi) is 4.71. The van der Waals surface area contributed by atoms with E-state index in [1.807, 2.05) is 0 Å². The number of carboxylic acid groups (broad SMARTS) is 1. The first kappa shape index (κ1) is 16.0. The molecule has 0 fully saturated rings. The predicted octanol–water partition coefficient (Wildman–Crippen LogP) is 2.30. The van der Waals surface area contributed by atoms with Crippen LogP contribution in [0.2, 0.25) is 0 Å². The van der Waals surface area contributed by atoms with E-state index in [1.54, 1.807) is 0 Å². The van der Waals surface area contributed by atoms with Gasteiger partial charge in [-0.2, -0.15) is 8.78 Å². The van der Waals surface area contributed by atoms with Crippen molar-refractivity contribution in [3.05, 3.63) is 23.8 Å². The summed E-state index contributed by atoms with van der Waals surface area (Å²) in [5, 5.41) is 17.7. The quantitative estimate of drug-likeness (QED) is 0.816. The molecule has 1 unspecified atom stereocenters. The highest BCUT2D eigenvalue weighted by atomic mass is 19.4. The number of hydrogen-bond donors (Lipinski definition) is 2. The molecule has 0 saturated carbocycles. The van der Waals surface area contributed by atoms with Crippen LogP contribution in [0.5, 0.6) is 11.5 Å². The molecule has 0 aromatic heterocycles. The molecule has 10 heteroatoms. The van der Waals surface area contributed by atoms with Crippen LogP contribution in [-0.4, -0.2) is 29.2 Å². The smallest absolute Gasteiger partial charge is 0.479 e. The third-order valence-electron chi connectivity index (χ3n) is 1.91. The van der Waals surface area contributed by atoms with Crippen LogP contribution in [0, 0.1) is 0 Å². The molecule has 2 N–H and O–H groups in total. The van der Waals surface area contributed by atoms with Gasteiger partial charge in [0, 0.05) is 6.07 Å². The van der Waals surface area contributed by atoms with Crippen LogP contribution in [0.3, 0.4) is 0 Å². The van der Waals surface area contributed by atoms with Gasteiger partial charge in [-0.15, -0.1) is 13.2 Å². The minimum atomic E-state index is -5.12. The topological polar surface area (TPSA) is 76.0 Å². The summed E-state index contributed by atoms with van der Waals surface area (Å²) in [6, 6.07) is 1.69. The number of carboxylic acids is 1. The molecule has 1 aromatic carbocycles. The monoisotopic (exact) mass is 302 g/mol. The van der Waals surface area contributed by atoms with Crippen molar-refractivity contribution in [3.8, 4) is 11.5 Å². The SMILES string of the molecule is O=C(O)C(O)c1cc(OC(F)F)cc(OC(F)(F)F)c1. The van der Waals surface area contributed by atoms with Crippen molar-refractivity contribution in [2.24, 2.45) is 0 Å². The van der Waals surface area contributed by atoms with Crippen LogP contribution in [0.1, 0.15) is 11.7 Å². The average molecular weight is 302 g/mol. The van der Waals surface area contributed by atoms with Crippen LogP contribution >= 0.6 is 0 Å². The average Bonchev–Trinajstić information content (AvgIpc) is 2.23. The highest BCUT2D eigenvalue weighted by molar-refractivity contribution is 5.74. The number of aliphatic carboxylic acids is 1. The number of alkyl halides is 5. The highest BCUT2D eigenvalue weighted by Gasteiger charge is 2.32. The normalized spacial score (nSPS) is 13.2. The lowest BCUT2D eigenvalue weighted by Gasteiger charge is -2.14. The molecule has 0 aliphatic heterocycles. The summed E-state index contributed by atoms with van der Waals surface area (Å²) in [7, 11) is 0. The zero-order valence-electron chi connectivity index (χ0n) is 9.40. The van der Waals surface area contributed by atoms with Crippen LogP contribution < -0.4 is 9.47 Å². The second-order valence-corrected chi connectivity index (χ2v) is 3.40. The van der Waals surface area contributed by atoms with Crippen LogP contribution in [0.25, 0.3) is 0 Å². The Morgan fingerprint density at radius 2 is 1.70 bits per heavy atom. The number of carbonyl (C=O) groups is 1. The van der Waals surface area contributed by atoms with E-state index in [0.717, 1.165) is 0 Å². The van der Waals surface area contributed by atoms with Crippen molar-refractivity contribution in [2.45, 2.75) is 19.1 Å². The fourth-order valence-electron chi connectivity index (χ4n) is 1.26. The van der Waals surface area contributed by atoms with E-state index in [9.17, 15) is 31.9 Å². The lowest BCUT2D eigenvalue weighted by atomic mass is 10.1. The first-order valence-electron chi connectivity index (χ1n) is 4.85. The summed E-state index contributed by atoms with van der Waals surface area (Å²) in [5.41, 5.74) is -0.602. The van der Waals surface area contributed by atoms with Gasteiger partial charge in [-0.1, -0.05) is 0 Å². The second kappa shape index (κ2) is 5.90. The van der Waals surface area contributed by atoms with Gasteiger partial charge in [-0.25, -0.2) is 4.79 Å². The molecule has 0 aliphatic rings. The van der Waals surface area contributed by atoms with Crippen molar-refractivity contribution < 1.29 is 46.4 Å². The van der Waals surface area contributed by atoms with Gasteiger partial charge in [0.05, 0.1) is 0 Å². The Hall–Kier alpha value is -2.10. The molecule has 5 nitrogen and oxygen atoms in total. The van der Waals surface area contributed by atoms with E-state index in [0.29, 0.717) is 18.2 Å². The molecule has 0 spiro atoms. The summed E-state index contributed by atoms with van der Waals surface area (Å²) in [4.78, 5) is 10.5. The summed E-state index contributed by atoms with van der Waals surface area (Å²) in [6.45, 7) is -3.34. The van der Waals surface area contributed by atoms with Crippen molar-refractivity contribution in [1.29, 1.82) is 0 Å². The van der Waals surface area contributed by atoms with E-state index in [1.165, 1.54) is 0 Å². The van der Waals surface area contributed by atoms with Crippen LogP contribution in [-0.2, 0) is 4.79 Å². The second-order valence-electron chi connectivity index (χ2n) is 3.40. The van der Waals surface area contributed by atoms with E-state index in [-0.39, 0.29) is 0 Å². The molecule has 0 bridgehead atoms. The lowest BCUT2D eigenvalue weighted by Crippen LogP contribution is -2.18. The fourth-order valence-corrected chi connectivity index (χ4v) is 1.26. The molecule has 0 aliphatic carbocycles. The maximum absolute atomic E-state index is 12.0. The van der Waals surface area contributed by atoms with Crippen LogP contribution in [0.4, 0.5) is 22.0 Å². The standard InChI is InChI=1S/C10H7F5O5/c11-9(12)19-5-1-4(7(16)8(17)18)2-6(3-5)20-10(13,14)15/h1-3,7,9,16H,(H,17,18). The summed E-state index contributed by atoms with van der Waals surface area (Å²) >= 11 is 0. The number of hydrogen-bond acceptors (Lipinski definition) is 4. The Labute approximate surface area is 108 Å². The zero-order chi connectivity index (χ0) is 15.5. The van der Waals surface area contributed by atoms with Gasteiger partial charge in [0.1, 0.15) is 11.5 Å². The Morgan fingerprint density at radius 1 is 1.15 bits per heavy atom. The molecular formula is C10H7F5O5. The number of aliphatic hydroxyl groups excluding tert-OH is 1. The first-order chi connectivity index (χ1) is 9.08. The van der Waals surface area contributed by atoms with Crippen molar-refractivity contribution >= 4 is 5.97 Å². The number of benzene rings is 1. The molecule has 1 aromatic rings. The maximum Gasteiger partial charge on any atom is 0.573 e. The molecule has 0 heterocycles. The summed E-state index contributed by atoms with van der Waals surface area (Å²) < 4.78 is 67.5. The van der Waals surface area contributed by atoms with Gasteiger partial charge in [0.15, 0.2) is 6.10 Å².